The van der Waals surface area contributed by atoms with Gasteiger partial charge in [0.05, 0.1) is 19.3 Å². The number of benzene rings is 1. The van der Waals surface area contributed by atoms with E-state index in [9.17, 15) is 19.5 Å². The summed E-state index contributed by atoms with van der Waals surface area (Å²) in [6.45, 7) is 3.69. The maximum Gasteiger partial charge on any atom is 0.323 e. The molecular weight excluding hydrogens is 348 g/mol. The number of ether oxygens (including phenoxy) is 2. The van der Waals surface area contributed by atoms with E-state index in [1.54, 1.807) is 38.1 Å². The molecule has 0 bridgehead atoms. The maximum atomic E-state index is 13.2. The Hall–Kier alpha value is -2.21. The first-order chi connectivity index (χ1) is 12.9. The first-order valence-corrected chi connectivity index (χ1v) is 9.60. The minimum Gasteiger partial charge on any atom is -0.465 e. The van der Waals surface area contributed by atoms with Gasteiger partial charge in [-0.05, 0) is 51.0 Å². The minimum absolute atomic E-state index is 0.0647. The highest BCUT2D eigenvalue weighted by atomic mass is 16.6. The van der Waals surface area contributed by atoms with Crippen LogP contribution in [0.4, 0.5) is 0 Å². The van der Waals surface area contributed by atoms with Crippen molar-refractivity contribution in [2.75, 3.05) is 13.2 Å². The van der Waals surface area contributed by atoms with E-state index in [1.807, 2.05) is 0 Å². The normalized spacial score (nSPS) is 26.3. The molecule has 1 aromatic rings. The van der Waals surface area contributed by atoms with Crippen molar-refractivity contribution in [2.24, 2.45) is 17.3 Å². The average molecular weight is 374 g/mol. The summed E-state index contributed by atoms with van der Waals surface area (Å²) in [5, 5.41) is 10.6. The Balaban J connectivity index is 1.99. The molecule has 1 fully saturated rings. The third kappa shape index (κ3) is 3.38. The fourth-order valence-electron chi connectivity index (χ4n) is 4.48. The largest absolute Gasteiger partial charge is 0.465 e. The number of hydrogen-bond donors (Lipinski definition) is 1. The SMILES string of the molecule is CCOC(=O)C1(C(=O)OCC)CCC2C[C@H](O)c3ccccc3C(=O)C2C1. The van der Waals surface area contributed by atoms with Crippen molar-refractivity contribution in [2.45, 2.75) is 45.6 Å². The lowest BCUT2D eigenvalue weighted by Gasteiger charge is -2.40. The van der Waals surface area contributed by atoms with Gasteiger partial charge in [-0.15, -0.1) is 0 Å². The van der Waals surface area contributed by atoms with Crippen LogP contribution in [0.3, 0.4) is 0 Å². The topological polar surface area (TPSA) is 89.9 Å². The molecule has 1 N–H and O–H groups in total. The second-order valence-corrected chi connectivity index (χ2v) is 7.34. The molecule has 146 valence electrons. The molecule has 0 amide bonds. The molecule has 0 saturated heterocycles. The molecule has 3 atom stereocenters. The molecule has 6 heteroatoms. The number of esters is 2. The number of Topliss-reactive ketones (excluding diaryl/α,β-unsaturated/α-hetero) is 1. The molecule has 0 aliphatic heterocycles. The lowest BCUT2D eigenvalue weighted by atomic mass is 9.63. The van der Waals surface area contributed by atoms with Gasteiger partial charge in [-0.1, -0.05) is 24.3 Å². The number of aliphatic hydroxyl groups is 1. The molecular formula is C21H26O6. The minimum atomic E-state index is -1.45. The van der Waals surface area contributed by atoms with Crippen LogP contribution in [0, 0.1) is 17.3 Å². The summed E-state index contributed by atoms with van der Waals surface area (Å²) in [5.41, 5.74) is -0.358. The fourth-order valence-corrected chi connectivity index (χ4v) is 4.48. The lowest BCUT2D eigenvalue weighted by molar-refractivity contribution is -0.176. The van der Waals surface area contributed by atoms with Crippen molar-refractivity contribution in [3.63, 3.8) is 0 Å². The van der Waals surface area contributed by atoms with Crippen LogP contribution < -0.4 is 0 Å². The molecule has 2 aliphatic rings. The van der Waals surface area contributed by atoms with E-state index < -0.39 is 29.4 Å². The first-order valence-electron chi connectivity index (χ1n) is 9.60. The smallest absolute Gasteiger partial charge is 0.323 e. The molecule has 1 aromatic carbocycles. The summed E-state index contributed by atoms with van der Waals surface area (Å²) in [5.74, 6) is -1.96. The van der Waals surface area contributed by atoms with E-state index >= 15 is 0 Å². The molecule has 0 spiro atoms. The average Bonchev–Trinajstić information content (AvgIpc) is 2.77. The van der Waals surface area contributed by atoms with Gasteiger partial charge in [-0.3, -0.25) is 14.4 Å². The highest BCUT2D eigenvalue weighted by Gasteiger charge is 2.56. The first kappa shape index (κ1) is 19.5. The van der Waals surface area contributed by atoms with Gasteiger partial charge >= 0.3 is 11.9 Å². The van der Waals surface area contributed by atoms with Crippen LogP contribution in [0.5, 0.6) is 0 Å². The highest BCUT2D eigenvalue weighted by Crippen LogP contribution is 2.50. The summed E-state index contributed by atoms with van der Waals surface area (Å²) < 4.78 is 10.4. The van der Waals surface area contributed by atoms with E-state index in [1.165, 1.54) is 0 Å². The monoisotopic (exact) mass is 374 g/mol. The van der Waals surface area contributed by atoms with Gasteiger partial charge < -0.3 is 14.6 Å². The van der Waals surface area contributed by atoms with Gasteiger partial charge in [0.15, 0.2) is 11.2 Å². The number of rotatable bonds is 4. The Morgan fingerprint density at radius 3 is 2.41 bits per heavy atom. The van der Waals surface area contributed by atoms with Gasteiger partial charge in [0.25, 0.3) is 0 Å². The second-order valence-electron chi connectivity index (χ2n) is 7.34. The molecule has 3 rings (SSSR count). The van der Waals surface area contributed by atoms with Crippen molar-refractivity contribution in [3.05, 3.63) is 35.4 Å². The highest BCUT2D eigenvalue weighted by molar-refractivity contribution is 6.04. The van der Waals surface area contributed by atoms with Crippen LogP contribution in [0.1, 0.15) is 61.6 Å². The second kappa shape index (κ2) is 7.80. The Morgan fingerprint density at radius 2 is 1.78 bits per heavy atom. The predicted molar refractivity (Wildman–Crippen MR) is 96.9 cm³/mol. The van der Waals surface area contributed by atoms with Crippen molar-refractivity contribution in [3.8, 4) is 0 Å². The Kier molecular flexibility index (Phi) is 5.65. The Bertz CT molecular complexity index is 722. The molecule has 2 unspecified atom stereocenters. The van der Waals surface area contributed by atoms with Crippen LogP contribution in [0.25, 0.3) is 0 Å². The van der Waals surface area contributed by atoms with Crippen LogP contribution >= 0.6 is 0 Å². The van der Waals surface area contributed by atoms with Crippen LogP contribution in [-0.4, -0.2) is 36.0 Å². The maximum absolute atomic E-state index is 13.2. The zero-order valence-electron chi connectivity index (χ0n) is 15.8. The molecule has 0 radical (unpaired) electrons. The van der Waals surface area contributed by atoms with E-state index in [-0.39, 0.29) is 37.8 Å². The van der Waals surface area contributed by atoms with Crippen LogP contribution in [0.15, 0.2) is 24.3 Å². The molecule has 0 aromatic heterocycles. The number of ketones is 1. The lowest BCUT2D eigenvalue weighted by Crippen LogP contribution is -2.49. The van der Waals surface area contributed by atoms with E-state index in [0.29, 0.717) is 24.0 Å². The number of aliphatic hydroxyl groups excluding tert-OH is 1. The van der Waals surface area contributed by atoms with Crippen molar-refractivity contribution in [1.82, 2.24) is 0 Å². The summed E-state index contributed by atoms with van der Waals surface area (Å²) in [4.78, 5) is 38.7. The Labute approximate surface area is 158 Å². The predicted octanol–water partition coefficient (Wildman–Crippen LogP) is 2.84. The molecule has 27 heavy (non-hydrogen) atoms. The van der Waals surface area contributed by atoms with Crippen molar-refractivity contribution < 1.29 is 29.0 Å². The van der Waals surface area contributed by atoms with E-state index in [2.05, 4.69) is 0 Å². The zero-order valence-corrected chi connectivity index (χ0v) is 15.8. The number of fused-ring (bicyclic) bond motifs is 2. The third-order valence-corrected chi connectivity index (χ3v) is 5.86. The standard InChI is InChI=1S/C21H26O6/c1-3-26-19(24)21(20(25)27-4-2)10-9-13-11-17(22)14-7-5-6-8-15(14)18(23)16(13)12-21/h5-8,13,16-17,22H,3-4,9-12H2,1-2H3/t13?,16?,17-/m0/s1. The summed E-state index contributed by atoms with van der Waals surface area (Å²) >= 11 is 0. The number of carbonyl (C=O) groups excluding carboxylic acids is 3. The zero-order chi connectivity index (χ0) is 19.6. The quantitative estimate of drug-likeness (QED) is 0.644. The Morgan fingerprint density at radius 1 is 1.15 bits per heavy atom. The van der Waals surface area contributed by atoms with E-state index in [4.69, 9.17) is 9.47 Å². The van der Waals surface area contributed by atoms with E-state index in [0.717, 1.165) is 0 Å². The van der Waals surface area contributed by atoms with Gasteiger partial charge in [0, 0.05) is 11.5 Å². The molecule has 0 heterocycles. The fraction of sp³-hybridized carbons (Fsp3) is 0.571. The van der Waals surface area contributed by atoms with Crippen molar-refractivity contribution in [1.29, 1.82) is 0 Å². The molecule has 1 saturated carbocycles. The number of hydrogen-bond acceptors (Lipinski definition) is 6. The number of carbonyl (C=O) groups is 3. The summed E-state index contributed by atoms with van der Waals surface area (Å²) in [7, 11) is 0. The summed E-state index contributed by atoms with van der Waals surface area (Å²) in [6.07, 6.45) is 0.531. The summed E-state index contributed by atoms with van der Waals surface area (Å²) in [6, 6.07) is 7.02. The van der Waals surface area contributed by atoms with Gasteiger partial charge in [0.2, 0.25) is 0 Å². The third-order valence-electron chi connectivity index (χ3n) is 5.86. The molecule has 6 nitrogen and oxygen atoms in total. The van der Waals surface area contributed by atoms with Crippen molar-refractivity contribution >= 4 is 17.7 Å². The molecule has 2 aliphatic carbocycles. The van der Waals surface area contributed by atoms with Gasteiger partial charge in [-0.2, -0.15) is 0 Å². The van der Waals surface area contributed by atoms with Gasteiger partial charge in [0.1, 0.15) is 0 Å². The van der Waals surface area contributed by atoms with Crippen LogP contribution in [-0.2, 0) is 19.1 Å². The van der Waals surface area contributed by atoms with Gasteiger partial charge in [-0.25, -0.2) is 0 Å². The van der Waals surface area contributed by atoms with Crippen LogP contribution in [0.2, 0.25) is 0 Å².